The molecule has 0 aliphatic carbocycles. The first-order valence-corrected chi connectivity index (χ1v) is 8.19. The number of hydrogen-bond donors (Lipinski definition) is 1. The molecular formula is C15H15BrClNS. The first-order chi connectivity index (χ1) is 9.16. The molecule has 0 aliphatic rings. The molecule has 0 aliphatic heterocycles. The van der Waals surface area contributed by atoms with Crippen molar-refractivity contribution in [2.75, 3.05) is 5.75 Å². The molecule has 2 aromatic carbocycles. The van der Waals surface area contributed by atoms with E-state index in [1.165, 1.54) is 4.90 Å². The van der Waals surface area contributed by atoms with Crippen molar-refractivity contribution in [2.24, 2.45) is 5.73 Å². The Kier molecular flexibility index (Phi) is 5.76. The molecule has 100 valence electrons. The Labute approximate surface area is 131 Å². The minimum atomic E-state index is 0.0945. The standard InChI is InChI=1S/C15H15BrClNS/c16-13-6-2-4-8-15(13)19-10-12(18)9-11-5-1-3-7-14(11)17/h1-8,12H,9-10,18H2. The molecule has 0 saturated heterocycles. The normalized spacial score (nSPS) is 12.4. The monoisotopic (exact) mass is 355 g/mol. The number of nitrogens with two attached hydrogens (primary N) is 1. The summed E-state index contributed by atoms with van der Waals surface area (Å²) in [5, 5.41) is 0.795. The summed E-state index contributed by atoms with van der Waals surface area (Å²) in [6.07, 6.45) is 0.803. The highest BCUT2D eigenvalue weighted by Crippen LogP contribution is 2.28. The van der Waals surface area contributed by atoms with Gasteiger partial charge in [-0.2, -0.15) is 0 Å². The van der Waals surface area contributed by atoms with Crippen molar-refractivity contribution in [3.8, 4) is 0 Å². The SMILES string of the molecule is NC(CSc1ccccc1Br)Cc1ccccc1Cl. The summed E-state index contributed by atoms with van der Waals surface area (Å²) in [4.78, 5) is 1.22. The van der Waals surface area contributed by atoms with Crippen molar-refractivity contribution in [2.45, 2.75) is 17.4 Å². The van der Waals surface area contributed by atoms with Crippen LogP contribution in [0.25, 0.3) is 0 Å². The third-order valence-corrected chi connectivity index (χ3v) is 5.31. The zero-order valence-corrected chi connectivity index (χ0v) is 13.5. The minimum Gasteiger partial charge on any atom is -0.327 e. The Morgan fingerprint density at radius 3 is 2.53 bits per heavy atom. The lowest BCUT2D eigenvalue weighted by atomic mass is 10.1. The Balaban J connectivity index is 1.90. The summed E-state index contributed by atoms with van der Waals surface area (Å²) in [6.45, 7) is 0. The van der Waals surface area contributed by atoms with Crippen LogP contribution < -0.4 is 5.73 Å². The zero-order valence-electron chi connectivity index (χ0n) is 10.4. The molecule has 19 heavy (non-hydrogen) atoms. The Morgan fingerprint density at radius 1 is 1.11 bits per heavy atom. The van der Waals surface area contributed by atoms with Gasteiger partial charge < -0.3 is 5.73 Å². The molecule has 0 saturated carbocycles. The van der Waals surface area contributed by atoms with Crippen LogP contribution in [0.15, 0.2) is 57.9 Å². The molecule has 1 nitrogen and oxygen atoms in total. The van der Waals surface area contributed by atoms with Crippen molar-refractivity contribution in [1.82, 2.24) is 0 Å². The second-order valence-corrected chi connectivity index (χ2v) is 6.62. The van der Waals surface area contributed by atoms with Crippen molar-refractivity contribution in [3.05, 3.63) is 63.6 Å². The first kappa shape index (κ1) is 14.9. The van der Waals surface area contributed by atoms with Gasteiger partial charge in [0.2, 0.25) is 0 Å². The van der Waals surface area contributed by atoms with E-state index in [0.717, 1.165) is 27.2 Å². The largest absolute Gasteiger partial charge is 0.327 e. The molecule has 0 bridgehead atoms. The van der Waals surface area contributed by atoms with Gasteiger partial charge in [-0.05, 0) is 46.1 Å². The number of rotatable bonds is 5. The highest BCUT2D eigenvalue weighted by Gasteiger charge is 2.08. The first-order valence-electron chi connectivity index (χ1n) is 6.03. The van der Waals surface area contributed by atoms with E-state index in [4.69, 9.17) is 17.3 Å². The molecule has 1 unspecified atom stereocenters. The van der Waals surface area contributed by atoms with Crippen LogP contribution >= 0.6 is 39.3 Å². The van der Waals surface area contributed by atoms with E-state index < -0.39 is 0 Å². The predicted octanol–water partition coefficient (Wildman–Crippen LogP) is 4.76. The van der Waals surface area contributed by atoms with Crippen LogP contribution in [-0.2, 0) is 6.42 Å². The van der Waals surface area contributed by atoms with Crippen molar-refractivity contribution in [3.63, 3.8) is 0 Å². The fourth-order valence-electron chi connectivity index (χ4n) is 1.76. The third kappa shape index (κ3) is 4.53. The topological polar surface area (TPSA) is 26.0 Å². The van der Waals surface area contributed by atoms with Gasteiger partial charge in [0.25, 0.3) is 0 Å². The van der Waals surface area contributed by atoms with Crippen LogP contribution in [0.5, 0.6) is 0 Å². The summed E-state index contributed by atoms with van der Waals surface area (Å²) >= 11 is 11.4. The van der Waals surface area contributed by atoms with Gasteiger partial charge in [0.1, 0.15) is 0 Å². The van der Waals surface area contributed by atoms with E-state index in [9.17, 15) is 0 Å². The van der Waals surface area contributed by atoms with Crippen molar-refractivity contribution >= 4 is 39.3 Å². The molecule has 0 amide bonds. The van der Waals surface area contributed by atoms with Crippen LogP contribution in [0.2, 0.25) is 5.02 Å². The maximum Gasteiger partial charge on any atom is 0.0438 e. The van der Waals surface area contributed by atoms with E-state index in [1.807, 2.05) is 42.5 Å². The fraction of sp³-hybridized carbons (Fsp3) is 0.200. The van der Waals surface area contributed by atoms with E-state index >= 15 is 0 Å². The summed E-state index contributed by atoms with van der Waals surface area (Å²) in [5.41, 5.74) is 7.29. The molecule has 0 spiro atoms. The fourth-order valence-corrected chi connectivity index (χ4v) is 3.50. The molecular weight excluding hydrogens is 342 g/mol. The molecule has 0 aromatic heterocycles. The highest BCUT2D eigenvalue weighted by molar-refractivity contribution is 9.10. The molecule has 1 atom stereocenters. The predicted molar refractivity (Wildman–Crippen MR) is 88.0 cm³/mol. The van der Waals surface area contributed by atoms with Crippen LogP contribution in [0.1, 0.15) is 5.56 Å². The van der Waals surface area contributed by atoms with Gasteiger partial charge in [-0.1, -0.05) is 41.9 Å². The quantitative estimate of drug-likeness (QED) is 0.781. The summed E-state index contributed by atoms with van der Waals surface area (Å²) < 4.78 is 1.12. The van der Waals surface area contributed by atoms with Gasteiger partial charge in [-0.15, -0.1) is 11.8 Å². The smallest absolute Gasteiger partial charge is 0.0438 e. The maximum atomic E-state index is 6.18. The van der Waals surface area contributed by atoms with E-state index in [2.05, 4.69) is 22.0 Å². The molecule has 0 fully saturated rings. The average Bonchev–Trinajstić information content (AvgIpc) is 2.40. The van der Waals surface area contributed by atoms with Crippen LogP contribution in [0, 0.1) is 0 Å². The highest BCUT2D eigenvalue weighted by atomic mass is 79.9. The van der Waals surface area contributed by atoms with Crippen LogP contribution in [-0.4, -0.2) is 11.8 Å². The number of thioether (sulfide) groups is 1. The summed E-state index contributed by atoms with van der Waals surface area (Å²) in [5.74, 6) is 0.869. The number of hydrogen-bond acceptors (Lipinski definition) is 2. The van der Waals surface area contributed by atoms with Gasteiger partial charge in [-0.25, -0.2) is 0 Å². The summed E-state index contributed by atoms with van der Waals surface area (Å²) in [7, 11) is 0. The summed E-state index contributed by atoms with van der Waals surface area (Å²) in [6, 6.07) is 16.2. The Hall–Kier alpha value is -0.480. The van der Waals surface area contributed by atoms with Crippen LogP contribution in [0.3, 0.4) is 0 Å². The molecule has 0 heterocycles. The molecule has 2 rings (SSSR count). The van der Waals surface area contributed by atoms with Gasteiger partial charge in [-0.3, -0.25) is 0 Å². The molecule has 2 aromatic rings. The molecule has 2 N–H and O–H groups in total. The van der Waals surface area contributed by atoms with Gasteiger partial charge >= 0.3 is 0 Å². The van der Waals surface area contributed by atoms with Crippen LogP contribution in [0.4, 0.5) is 0 Å². The lowest BCUT2D eigenvalue weighted by Crippen LogP contribution is -2.25. The lowest BCUT2D eigenvalue weighted by molar-refractivity contribution is 0.749. The van der Waals surface area contributed by atoms with Crippen molar-refractivity contribution in [1.29, 1.82) is 0 Å². The zero-order chi connectivity index (χ0) is 13.7. The number of benzene rings is 2. The lowest BCUT2D eigenvalue weighted by Gasteiger charge is -2.13. The van der Waals surface area contributed by atoms with Gasteiger partial charge in [0, 0.05) is 26.2 Å². The second kappa shape index (κ2) is 7.34. The Bertz CT molecular complexity index is 547. The van der Waals surface area contributed by atoms with E-state index in [1.54, 1.807) is 11.8 Å². The number of halogens is 2. The van der Waals surface area contributed by atoms with E-state index in [0.29, 0.717) is 0 Å². The minimum absolute atomic E-state index is 0.0945. The van der Waals surface area contributed by atoms with E-state index in [-0.39, 0.29) is 6.04 Å². The average molecular weight is 357 g/mol. The maximum absolute atomic E-state index is 6.18. The van der Waals surface area contributed by atoms with Gasteiger partial charge in [0.15, 0.2) is 0 Å². The Morgan fingerprint density at radius 2 is 1.79 bits per heavy atom. The van der Waals surface area contributed by atoms with Gasteiger partial charge in [0.05, 0.1) is 0 Å². The molecule has 4 heteroatoms. The molecule has 0 radical (unpaired) electrons. The van der Waals surface area contributed by atoms with Crippen molar-refractivity contribution < 1.29 is 0 Å². The third-order valence-electron chi connectivity index (χ3n) is 2.73. The second-order valence-electron chi connectivity index (χ2n) is 4.30.